The van der Waals surface area contributed by atoms with Crippen molar-refractivity contribution in [2.45, 2.75) is 44.9 Å². The fourth-order valence-corrected chi connectivity index (χ4v) is 6.61. The summed E-state index contributed by atoms with van der Waals surface area (Å²) in [4.78, 5) is 22.0. The Morgan fingerprint density at radius 3 is 2.51 bits per heavy atom. The van der Waals surface area contributed by atoms with E-state index in [0.29, 0.717) is 48.6 Å². The van der Waals surface area contributed by atoms with Crippen molar-refractivity contribution < 1.29 is 37.3 Å². The van der Waals surface area contributed by atoms with Gasteiger partial charge in [-0.1, -0.05) is 30.3 Å². The molecule has 1 aliphatic rings. The number of methoxy groups -OCH3 is 1. The molecule has 4 rings (SSSR count). The zero-order chi connectivity index (χ0) is 32.8. The fourth-order valence-electron chi connectivity index (χ4n) is 4.98. The number of benzene rings is 3. The molecule has 1 aliphatic heterocycles. The molecule has 1 heterocycles. The first-order valence-corrected chi connectivity index (χ1v) is 16.3. The van der Waals surface area contributed by atoms with E-state index in [-0.39, 0.29) is 36.7 Å². The summed E-state index contributed by atoms with van der Waals surface area (Å²) in [6.45, 7) is 2.86. The van der Waals surface area contributed by atoms with Gasteiger partial charge in [0.2, 0.25) is 10.0 Å². The molecule has 0 spiro atoms. The molecule has 0 aromatic heterocycles. The number of aliphatic hydroxyl groups is 1. The van der Waals surface area contributed by atoms with Crippen LogP contribution in [0.5, 0.6) is 5.75 Å². The maximum atomic E-state index is 14.3. The summed E-state index contributed by atoms with van der Waals surface area (Å²) < 4.78 is 46.4. The highest BCUT2D eigenvalue weighted by molar-refractivity contribution is 7.92. The summed E-state index contributed by atoms with van der Waals surface area (Å²) in [5.74, 6) is -0.236. The third kappa shape index (κ3) is 10.4. The molecule has 1 fully saturated rings. The van der Waals surface area contributed by atoms with Gasteiger partial charge >= 0.3 is 0 Å². The van der Waals surface area contributed by atoms with E-state index in [1.165, 1.54) is 23.5 Å². The lowest BCUT2D eigenvalue weighted by Crippen LogP contribution is -2.48. The first-order valence-electron chi connectivity index (χ1n) is 14.6. The molecule has 1 amide bonds. The molecule has 3 aromatic rings. The number of sulfonamides is 1. The topological polar surface area (TPSA) is 157 Å². The van der Waals surface area contributed by atoms with Crippen LogP contribution in [0, 0.1) is 5.82 Å². The number of aliphatic hydroxyl groups excluding tert-OH is 1. The largest absolute Gasteiger partial charge is 0.497 e. The Morgan fingerprint density at radius 2 is 1.84 bits per heavy atom. The monoisotopic (exact) mass is 644 g/mol. The van der Waals surface area contributed by atoms with Gasteiger partial charge in [-0.2, -0.15) is 0 Å². The second kappa shape index (κ2) is 17.3. The standard InChI is InChI=1S/C31H39FN4O5S.CH2O2/c1-3-34-25-16-23(17-26(19-25)36-13-7-8-14-42(36,39)40)31(38)35-29(15-22-9-5-4-6-10-22)30(37)21-33-20-24-18-27(41-2)11-12-28(24)32;2-1-3/h4-6,9-12,16-19,29-30,33-34,37H,3,7-8,13-15,20-21H2,1-2H3,(H,35,38);1H,(H,2,3)/t29-,30+;/m0./s1. The minimum Gasteiger partial charge on any atom is -0.497 e. The number of ether oxygens (including phenoxy) is 1. The van der Waals surface area contributed by atoms with Crippen LogP contribution in [0.1, 0.15) is 41.3 Å². The van der Waals surface area contributed by atoms with E-state index >= 15 is 0 Å². The van der Waals surface area contributed by atoms with Crippen LogP contribution < -0.4 is 25.0 Å². The van der Waals surface area contributed by atoms with Crippen molar-refractivity contribution >= 4 is 33.8 Å². The molecular formula is C32H41FN4O7S. The molecular weight excluding hydrogens is 603 g/mol. The Morgan fingerprint density at radius 1 is 1.11 bits per heavy atom. The smallest absolute Gasteiger partial charge is 0.290 e. The minimum absolute atomic E-state index is 0.0674. The molecule has 0 unspecified atom stereocenters. The van der Waals surface area contributed by atoms with E-state index in [2.05, 4.69) is 16.0 Å². The van der Waals surface area contributed by atoms with Gasteiger partial charge in [-0.25, -0.2) is 12.8 Å². The molecule has 0 aliphatic carbocycles. The number of carbonyl (C=O) groups is 2. The van der Waals surface area contributed by atoms with Gasteiger partial charge in [0.15, 0.2) is 0 Å². The highest BCUT2D eigenvalue weighted by Gasteiger charge is 2.28. The number of nitrogens with one attached hydrogen (secondary N) is 3. The fraction of sp³-hybridized carbons (Fsp3) is 0.375. The van der Waals surface area contributed by atoms with Gasteiger partial charge < -0.3 is 30.9 Å². The van der Waals surface area contributed by atoms with Crippen LogP contribution in [-0.4, -0.2) is 75.7 Å². The van der Waals surface area contributed by atoms with Crippen LogP contribution in [0.2, 0.25) is 0 Å². The second-order valence-corrected chi connectivity index (χ2v) is 12.4. The zero-order valence-electron chi connectivity index (χ0n) is 25.4. The van der Waals surface area contributed by atoms with E-state index in [1.807, 2.05) is 37.3 Å². The number of amides is 1. The van der Waals surface area contributed by atoms with E-state index in [4.69, 9.17) is 14.6 Å². The third-order valence-corrected chi connectivity index (χ3v) is 9.07. The molecule has 244 valence electrons. The Kier molecular flexibility index (Phi) is 13.6. The van der Waals surface area contributed by atoms with Crippen molar-refractivity contribution in [2.24, 2.45) is 0 Å². The Balaban J connectivity index is 0.00000177. The summed E-state index contributed by atoms with van der Waals surface area (Å²) in [6, 6.07) is 18.2. The zero-order valence-corrected chi connectivity index (χ0v) is 26.2. The van der Waals surface area contributed by atoms with E-state index in [0.717, 1.165) is 12.0 Å². The van der Waals surface area contributed by atoms with Crippen LogP contribution in [-0.2, 0) is 27.8 Å². The van der Waals surface area contributed by atoms with Gasteiger partial charge in [0, 0.05) is 43.0 Å². The number of rotatable bonds is 13. The van der Waals surface area contributed by atoms with Gasteiger partial charge in [0.25, 0.3) is 12.4 Å². The predicted octanol–water partition coefficient (Wildman–Crippen LogP) is 3.39. The average molecular weight is 645 g/mol. The van der Waals surface area contributed by atoms with E-state index < -0.39 is 28.1 Å². The predicted molar refractivity (Wildman–Crippen MR) is 172 cm³/mol. The molecule has 3 aromatic carbocycles. The van der Waals surface area contributed by atoms with Crippen molar-refractivity contribution in [3.63, 3.8) is 0 Å². The van der Waals surface area contributed by atoms with Gasteiger partial charge in [-0.15, -0.1) is 0 Å². The van der Waals surface area contributed by atoms with Crippen LogP contribution in [0.15, 0.2) is 66.7 Å². The molecule has 0 bridgehead atoms. The molecule has 11 nitrogen and oxygen atoms in total. The van der Waals surface area contributed by atoms with Gasteiger partial charge in [-0.05, 0) is 68.1 Å². The lowest BCUT2D eigenvalue weighted by Gasteiger charge is -2.29. The first-order chi connectivity index (χ1) is 21.6. The highest BCUT2D eigenvalue weighted by Crippen LogP contribution is 2.28. The molecule has 2 atom stereocenters. The van der Waals surface area contributed by atoms with Gasteiger partial charge in [0.05, 0.1) is 30.7 Å². The van der Waals surface area contributed by atoms with Crippen molar-refractivity contribution in [3.05, 3.63) is 89.2 Å². The summed E-state index contributed by atoms with van der Waals surface area (Å²) in [7, 11) is -1.97. The minimum atomic E-state index is -3.48. The van der Waals surface area contributed by atoms with Gasteiger partial charge in [-0.3, -0.25) is 13.9 Å². The molecule has 13 heteroatoms. The third-order valence-electron chi connectivity index (χ3n) is 7.20. The summed E-state index contributed by atoms with van der Waals surface area (Å²) in [5.41, 5.74) is 2.65. The van der Waals surface area contributed by atoms with Crippen LogP contribution in [0.3, 0.4) is 0 Å². The van der Waals surface area contributed by atoms with Crippen molar-refractivity contribution in [2.75, 3.05) is 42.1 Å². The number of carbonyl (C=O) groups excluding carboxylic acids is 1. The average Bonchev–Trinajstić information content (AvgIpc) is 3.02. The second-order valence-electron chi connectivity index (χ2n) is 10.4. The highest BCUT2D eigenvalue weighted by atomic mass is 32.2. The summed E-state index contributed by atoms with van der Waals surface area (Å²) in [6.07, 6.45) is 0.686. The molecule has 1 saturated heterocycles. The van der Waals surface area contributed by atoms with Gasteiger partial charge in [0.1, 0.15) is 11.6 Å². The summed E-state index contributed by atoms with van der Waals surface area (Å²) in [5, 5.41) is 27.3. The van der Waals surface area contributed by atoms with Crippen molar-refractivity contribution in [1.29, 1.82) is 0 Å². The van der Waals surface area contributed by atoms with Crippen LogP contribution in [0.25, 0.3) is 0 Å². The van der Waals surface area contributed by atoms with Crippen LogP contribution >= 0.6 is 0 Å². The molecule has 5 N–H and O–H groups in total. The van der Waals surface area contributed by atoms with Crippen molar-refractivity contribution in [3.8, 4) is 5.75 Å². The lowest BCUT2D eigenvalue weighted by molar-refractivity contribution is -0.122. The molecule has 45 heavy (non-hydrogen) atoms. The van der Waals surface area contributed by atoms with Crippen molar-refractivity contribution in [1.82, 2.24) is 10.6 Å². The SMILES string of the molecule is CCNc1cc(C(=O)N[C@@H](Cc2ccccc2)[C@H](O)CNCc2cc(OC)ccc2F)cc(N2CCCCS2(=O)=O)c1.O=CO. The normalized spacial score (nSPS) is 15.2. The lowest BCUT2D eigenvalue weighted by atomic mass is 10.00. The molecule has 0 radical (unpaired) electrons. The molecule has 0 saturated carbocycles. The van der Waals surface area contributed by atoms with E-state index in [9.17, 15) is 22.7 Å². The number of hydrogen-bond donors (Lipinski definition) is 5. The van der Waals surface area contributed by atoms with E-state index in [1.54, 1.807) is 24.3 Å². The maximum absolute atomic E-state index is 14.3. The summed E-state index contributed by atoms with van der Waals surface area (Å²) >= 11 is 0. The Labute approximate surface area is 263 Å². The number of hydrogen-bond acceptors (Lipinski definition) is 8. The maximum Gasteiger partial charge on any atom is 0.290 e. The number of carboxylic acid groups (broad SMARTS) is 1. The number of nitrogens with zero attached hydrogens (tertiary/aromatic N) is 1. The quantitative estimate of drug-likeness (QED) is 0.176. The van der Waals surface area contributed by atoms with Crippen LogP contribution in [0.4, 0.5) is 15.8 Å². The number of halogens is 1. The Hall–Kier alpha value is -4.20. The first kappa shape index (κ1) is 35.3. The number of anilines is 2. The Bertz CT molecular complexity index is 1510.